The van der Waals surface area contributed by atoms with Gasteiger partial charge in [0.25, 0.3) is 0 Å². The Labute approximate surface area is 198 Å². The first-order valence-electron chi connectivity index (χ1n) is 11.5. The Morgan fingerprint density at radius 2 is 1.15 bits per heavy atom. The monoisotopic (exact) mass is 443 g/mol. The molecule has 0 saturated heterocycles. The van der Waals surface area contributed by atoms with Crippen LogP contribution in [-0.2, 0) is 0 Å². The quantitative estimate of drug-likeness (QED) is 0.289. The number of nitrogens with one attached hydrogen (secondary N) is 2. The van der Waals surface area contributed by atoms with E-state index in [2.05, 4.69) is 74.1 Å². The molecule has 5 nitrogen and oxygen atoms in total. The molecule has 2 N–H and O–H groups in total. The highest BCUT2D eigenvalue weighted by Gasteiger charge is 2.14. The van der Waals surface area contributed by atoms with E-state index in [4.69, 9.17) is 15.0 Å². The number of hydrogen-bond donors (Lipinski definition) is 2. The lowest BCUT2D eigenvalue weighted by Gasteiger charge is -2.12. The summed E-state index contributed by atoms with van der Waals surface area (Å²) in [6.07, 6.45) is 8.10. The number of fused-ring (bicyclic) bond motifs is 8. The molecule has 0 aromatic carbocycles. The van der Waals surface area contributed by atoms with E-state index < -0.39 is 0 Å². The normalized spacial score (nSPS) is 12.5. The Morgan fingerprint density at radius 3 is 1.85 bits per heavy atom. The Balaban J connectivity index is 1.69. The molecule has 166 valence electrons. The Hall–Kier alpha value is -4.25. The van der Waals surface area contributed by atoms with Crippen molar-refractivity contribution in [3.8, 4) is 11.3 Å². The van der Waals surface area contributed by atoms with Crippen molar-refractivity contribution in [1.82, 2.24) is 24.9 Å². The van der Waals surface area contributed by atoms with Gasteiger partial charge in [0.05, 0.1) is 34.0 Å². The number of aryl methyl sites for hydroxylation is 1. The number of aromatic nitrogens is 5. The van der Waals surface area contributed by atoms with E-state index >= 15 is 0 Å². The summed E-state index contributed by atoms with van der Waals surface area (Å²) in [6.45, 7) is 8.55. The molecular weight excluding hydrogens is 418 g/mol. The lowest BCUT2D eigenvalue weighted by Crippen LogP contribution is -1.98. The third kappa shape index (κ3) is 3.55. The summed E-state index contributed by atoms with van der Waals surface area (Å²) in [7, 11) is 0. The maximum Gasteiger partial charge on any atom is 0.0758 e. The second-order valence-corrected chi connectivity index (χ2v) is 9.01. The van der Waals surface area contributed by atoms with Crippen LogP contribution in [0.4, 0.5) is 0 Å². The summed E-state index contributed by atoms with van der Waals surface area (Å²) in [5.41, 5.74) is 14.5. The van der Waals surface area contributed by atoms with Crippen LogP contribution in [0.3, 0.4) is 0 Å². The standard InChI is InChI=1S/C29H25N5/c1-16-17(2)19(4)30-29(18(16)3)27-14-26-13-24-8-7-22(32-24)11-20-5-6-21(31-20)12-23-9-10-25(33-23)15-28(27)34-26/h5-15,32,34H,1-4H3. The first-order valence-corrected chi connectivity index (χ1v) is 11.5. The third-order valence-corrected chi connectivity index (χ3v) is 6.73. The second kappa shape index (κ2) is 7.66. The van der Waals surface area contributed by atoms with Crippen molar-refractivity contribution in [3.63, 3.8) is 0 Å². The Morgan fingerprint density at radius 1 is 0.529 bits per heavy atom. The van der Waals surface area contributed by atoms with Crippen LogP contribution in [0, 0.1) is 27.7 Å². The van der Waals surface area contributed by atoms with Crippen molar-refractivity contribution in [3.05, 3.63) is 87.6 Å². The lowest BCUT2D eigenvalue weighted by molar-refractivity contribution is 1.10. The van der Waals surface area contributed by atoms with Crippen molar-refractivity contribution >= 4 is 46.4 Å². The molecule has 8 bridgehead atoms. The van der Waals surface area contributed by atoms with Crippen molar-refractivity contribution in [2.24, 2.45) is 0 Å². The van der Waals surface area contributed by atoms with Gasteiger partial charge >= 0.3 is 0 Å². The fourth-order valence-electron chi connectivity index (χ4n) is 4.54. The average Bonchev–Trinajstić information content (AvgIpc) is 3.60. The molecule has 6 heterocycles. The van der Waals surface area contributed by atoms with Crippen LogP contribution < -0.4 is 0 Å². The first kappa shape index (κ1) is 20.4. The number of hydrogen-bond acceptors (Lipinski definition) is 3. The molecule has 2 aliphatic rings. The summed E-state index contributed by atoms with van der Waals surface area (Å²) in [5.74, 6) is 0. The first-order chi connectivity index (χ1) is 16.4. The molecule has 5 heteroatoms. The van der Waals surface area contributed by atoms with Gasteiger partial charge in [0.2, 0.25) is 0 Å². The molecule has 0 saturated carbocycles. The van der Waals surface area contributed by atoms with E-state index in [0.717, 1.165) is 61.8 Å². The molecule has 0 radical (unpaired) electrons. The van der Waals surface area contributed by atoms with Crippen LogP contribution in [0.1, 0.15) is 45.2 Å². The second-order valence-electron chi connectivity index (χ2n) is 9.01. The van der Waals surface area contributed by atoms with Gasteiger partial charge in [0, 0.05) is 27.8 Å². The largest absolute Gasteiger partial charge is 0.355 e. The molecule has 34 heavy (non-hydrogen) atoms. The van der Waals surface area contributed by atoms with Gasteiger partial charge in [0.1, 0.15) is 0 Å². The fraction of sp³-hybridized carbons (Fsp3) is 0.138. The number of aromatic amines is 2. The fourth-order valence-corrected chi connectivity index (χ4v) is 4.54. The Bertz CT molecular complexity index is 1700. The van der Waals surface area contributed by atoms with Crippen LogP contribution in [-0.4, -0.2) is 24.9 Å². The number of rotatable bonds is 1. The summed E-state index contributed by atoms with van der Waals surface area (Å²) >= 11 is 0. The zero-order valence-electron chi connectivity index (χ0n) is 19.7. The summed E-state index contributed by atoms with van der Waals surface area (Å²) in [5, 5.41) is 0. The molecule has 2 aliphatic heterocycles. The van der Waals surface area contributed by atoms with Gasteiger partial charge in [0.15, 0.2) is 0 Å². The summed E-state index contributed by atoms with van der Waals surface area (Å²) in [4.78, 5) is 21.6. The van der Waals surface area contributed by atoms with Gasteiger partial charge in [-0.2, -0.15) is 0 Å². The molecule has 0 atom stereocenters. The highest BCUT2D eigenvalue weighted by Crippen LogP contribution is 2.31. The molecular formula is C29H25N5. The smallest absolute Gasteiger partial charge is 0.0758 e. The number of pyridine rings is 1. The van der Waals surface area contributed by atoms with Crippen LogP contribution in [0.25, 0.3) is 57.6 Å². The number of H-pyrrole nitrogens is 2. The van der Waals surface area contributed by atoms with Crippen LogP contribution in [0.2, 0.25) is 0 Å². The van der Waals surface area contributed by atoms with Gasteiger partial charge in [-0.1, -0.05) is 0 Å². The molecule has 4 aromatic rings. The molecule has 4 aromatic heterocycles. The molecule has 0 fully saturated rings. The minimum absolute atomic E-state index is 0.890. The molecule has 0 spiro atoms. The van der Waals surface area contributed by atoms with Crippen molar-refractivity contribution < 1.29 is 0 Å². The molecule has 6 rings (SSSR count). The minimum atomic E-state index is 0.890. The van der Waals surface area contributed by atoms with E-state index in [-0.39, 0.29) is 0 Å². The molecule has 0 unspecified atom stereocenters. The van der Waals surface area contributed by atoms with E-state index in [1.807, 2.05) is 30.4 Å². The third-order valence-electron chi connectivity index (χ3n) is 6.73. The molecule has 0 aliphatic carbocycles. The zero-order chi connectivity index (χ0) is 23.4. The topological polar surface area (TPSA) is 70.2 Å². The van der Waals surface area contributed by atoms with Gasteiger partial charge in [-0.15, -0.1) is 0 Å². The summed E-state index contributed by atoms with van der Waals surface area (Å²) in [6, 6.07) is 14.6. The van der Waals surface area contributed by atoms with Crippen LogP contribution in [0.15, 0.2) is 42.5 Å². The van der Waals surface area contributed by atoms with Crippen LogP contribution in [0.5, 0.6) is 0 Å². The van der Waals surface area contributed by atoms with Gasteiger partial charge in [-0.3, -0.25) is 4.98 Å². The molecule has 0 amide bonds. The number of nitrogens with zero attached hydrogens (tertiary/aromatic N) is 3. The highest BCUT2D eigenvalue weighted by molar-refractivity contribution is 5.88. The van der Waals surface area contributed by atoms with E-state index in [9.17, 15) is 0 Å². The van der Waals surface area contributed by atoms with E-state index in [1.165, 1.54) is 16.7 Å². The van der Waals surface area contributed by atoms with Gasteiger partial charge < -0.3 is 9.97 Å². The highest BCUT2D eigenvalue weighted by atomic mass is 14.8. The van der Waals surface area contributed by atoms with Crippen molar-refractivity contribution in [1.29, 1.82) is 0 Å². The van der Waals surface area contributed by atoms with Gasteiger partial charge in [-0.25, -0.2) is 9.97 Å². The zero-order valence-corrected chi connectivity index (χ0v) is 19.7. The SMILES string of the molecule is Cc1nc(-c2cc3cc4ccc(cc5nc(cc6nc(cc2[nH]3)C=C6)C=C5)[nH]4)c(C)c(C)c1C. The maximum atomic E-state index is 4.99. The predicted octanol–water partition coefficient (Wildman–Crippen LogP) is 6.95. The predicted molar refractivity (Wildman–Crippen MR) is 141 cm³/mol. The van der Waals surface area contributed by atoms with Gasteiger partial charge in [-0.05, 0) is 111 Å². The van der Waals surface area contributed by atoms with E-state index in [0.29, 0.717) is 0 Å². The lowest BCUT2D eigenvalue weighted by atomic mass is 9.98. The Kier molecular flexibility index (Phi) is 4.59. The van der Waals surface area contributed by atoms with Crippen molar-refractivity contribution in [2.75, 3.05) is 0 Å². The maximum absolute atomic E-state index is 4.99. The summed E-state index contributed by atoms with van der Waals surface area (Å²) < 4.78 is 0. The minimum Gasteiger partial charge on any atom is -0.355 e. The van der Waals surface area contributed by atoms with E-state index in [1.54, 1.807) is 0 Å². The van der Waals surface area contributed by atoms with Crippen LogP contribution >= 0.6 is 0 Å². The van der Waals surface area contributed by atoms with Crippen molar-refractivity contribution in [2.45, 2.75) is 27.7 Å². The average molecular weight is 444 g/mol.